The van der Waals surface area contributed by atoms with Crippen molar-refractivity contribution >= 4 is 11.6 Å². The first-order chi connectivity index (χ1) is 8.42. The van der Waals surface area contributed by atoms with Gasteiger partial charge in [0.2, 0.25) is 0 Å². The molecule has 1 aromatic carbocycles. The monoisotopic (exact) mass is 246 g/mol. The summed E-state index contributed by atoms with van der Waals surface area (Å²) in [5.41, 5.74) is 2.67. The fourth-order valence-corrected chi connectivity index (χ4v) is 1.86. The topological polar surface area (TPSA) is 53.3 Å². The number of rotatable bonds is 3. The highest BCUT2D eigenvalue weighted by Gasteiger charge is 2.17. The molecule has 0 unspecified atom stereocenters. The SMILES string of the molecule is COc1cc(C)c(N(C)C(=O)C#N)cc1C(C)C. The summed E-state index contributed by atoms with van der Waals surface area (Å²) in [6.45, 7) is 6.01. The number of ether oxygens (including phenoxy) is 1. The molecule has 0 aromatic heterocycles. The van der Waals surface area contributed by atoms with Gasteiger partial charge in [-0.1, -0.05) is 13.8 Å². The highest BCUT2D eigenvalue weighted by molar-refractivity contribution is 6.04. The summed E-state index contributed by atoms with van der Waals surface area (Å²) in [5.74, 6) is 0.520. The zero-order chi connectivity index (χ0) is 13.9. The average Bonchev–Trinajstić information content (AvgIpc) is 2.36. The molecule has 96 valence electrons. The van der Waals surface area contributed by atoms with Gasteiger partial charge in [-0.25, -0.2) is 0 Å². The van der Waals surface area contributed by atoms with Crippen molar-refractivity contribution in [3.63, 3.8) is 0 Å². The second kappa shape index (κ2) is 5.54. The van der Waals surface area contributed by atoms with Crippen molar-refractivity contribution in [3.8, 4) is 11.8 Å². The molecule has 0 saturated carbocycles. The third-order valence-corrected chi connectivity index (χ3v) is 2.93. The molecule has 0 heterocycles. The van der Waals surface area contributed by atoms with Crippen LogP contribution in [0.5, 0.6) is 5.75 Å². The van der Waals surface area contributed by atoms with Crippen molar-refractivity contribution in [2.75, 3.05) is 19.1 Å². The first-order valence-electron chi connectivity index (χ1n) is 5.78. The van der Waals surface area contributed by atoms with Crippen molar-refractivity contribution in [2.45, 2.75) is 26.7 Å². The maximum absolute atomic E-state index is 11.4. The van der Waals surface area contributed by atoms with Crippen molar-refractivity contribution in [1.29, 1.82) is 5.26 Å². The van der Waals surface area contributed by atoms with Gasteiger partial charge in [0.25, 0.3) is 0 Å². The highest BCUT2D eigenvalue weighted by atomic mass is 16.5. The fraction of sp³-hybridized carbons (Fsp3) is 0.429. The van der Waals surface area contributed by atoms with E-state index in [4.69, 9.17) is 10.00 Å². The number of carbonyl (C=O) groups is 1. The number of hydrogen-bond donors (Lipinski definition) is 0. The molecule has 1 aromatic rings. The van der Waals surface area contributed by atoms with Crippen LogP contribution in [0, 0.1) is 18.3 Å². The van der Waals surface area contributed by atoms with Crippen LogP contribution in [-0.2, 0) is 4.79 Å². The molecule has 18 heavy (non-hydrogen) atoms. The molecule has 0 aliphatic heterocycles. The summed E-state index contributed by atoms with van der Waals surface area (Å²) in [7, 11) is 3.23. The van der Waals surface area contributed by atoms with Crippen LogP contribution in [0.1, 0.15) is 30.9 Å². The van der Waals surface area contributed by atoms with Gasteiger partial charge in [0.15, 0.2) is 6.07 Å². The molecule has 0 aliphatic carbocycles. The lowest BCUT2D eigenvalue weighted by Gasteiger charge is -2.20. The van der Waals surface area contributed by atoms with Crippen LogP contribution in [0.2, 0.25) is 0 Å². The van der Waals surface area contributed by atoms with E-state index in [2.05, 4.69) is 13.8 Å². The Morgan fingerprint density at radius 2 is 2.06 bits per heavy atom. The Kier molecular flexibility index (Phi) is 4.33. The second-order valence-corrected chi connectivity index (χ2v) is 4.51. The van der Waals surface area contributed by atoms with Gasteiger partial charge in [-0.05, 0) is 36.1 Å². The summed E-state index contributed by atoms with van der Waals surface area (Å²) in [5, 5.41) is 8.67. The Bertz CT molecular complexity index is 501. The van der Waals surface area contributed by atoms with Gasteiger partial charge in [0, 0.05) is 12.7 Å². The Morgan fingerprint density at radius 1 is 1.44 bits per heavy atom. The van der Waals surface area contributed by atoms with Gasteiger partial charge in [-0.2, -0.15) is 5.26 Å². The minimum Gasteiger partial charge on any atom is -0.496 e. The van der Waals surface area contributed by atoms with E-state index in [1.165, 1.54) is 4.90 Å². The van der Waals surface area contributed by atoms with Crippen LogP contribution in [0.25, 0.3) is 0 Å². The standard InChI is InChI=1S/C14H18N2O2/c1-9(2)11-7-12(16(4)14(17)8-15)10(3)6-13(11)18-5/h6-7,9H,1-5H3. The predicted molar refractivity (Wildman–Crippen MR) is 70.8 cm³/mol. The zero-order valence-electron chi connectivity index (χ0n) is 11.4. The van der Waals surface area contributed by atoms with Crippen molar-refractivity contribution in [3.05, 3.63) is 23.3 Å². The van der Waals surface area contributed by atoms with Gasteiger partial charge in [0.05, 0.1) is 7.11 Å². The summed E-state index contributed by atoms with van der Waals surface area (Å²) in [4.78, 5) is 12.8. The first kappa shape index (κ1) is 14.0. The normalized spacial score (nSPS) is 10.1. The van der Waals surface area contributed by atoms with E-state index < -0.39 is 5.91 Å². The molecular formula is C14H18N2O2. The van der Waals surface area contributed by atoms with Crippen LogP contribution in [-0.4, -0.2) is 20.1 Å². The molecule has 0 aliphatic rings. The predicted octanol–water partition coefficient (Wildman–Crippen LogP) is 2.61. The molecule has 4 nitrogen and oxygen atoms in total. The number of amides is 1. The third-order valence-electron chi connectivity index (χ3n) is 2.93. The van der Waals surface area contributed by atoms with Crippen LogP contribution in [0.15, 0.2) is 12.1 Å². The van der Waals surface area contributed by atoms with Crippen molar-refractivity contribution in [2.24, 2.45) is 0 Å². The molecule has 0 saturated heterocycles. The van der Waals surface area contributed by atoms with Gasteiger partial charge in [-0.15, -0.1) is 0 Å². The second-order valence-electron chi connectivity index (χ2n) is 4.51. The van der Waals surface area contributed by atoms with E-state index in [1.54, 1.807) is 20.2 Å². The largest absolute Gasteiger partial charge is 0.496 e. The first-order valence-corrected chi connectivity index (χ1v) is 5.78. The number of carbonyl (C=O) groups excluding carboxylic acids is 1. The van der Waals surface area contributed by atoms with E-state index in [1.807, 2.05) is 19.1 Å². The number of nitrogens with zero attached hydrogens (tertiary/aromatic N) is 2. The molecule has 0 spiro atoms. The lowest BCUT2D eigenvalue weighted by molar-refractivity contribution is -0.113. The minimum absolute atomic E-state index is 0.282. The number of hydrogen-bond acceptors (Lipinski definition) is 3. The maximum atomic E-state index is 11.4. The van der Waals surface area contributed by atoms with Crippen LogP contribution < -0.4 is 9.64 Å². The van der Waals surface area contributed by atoms with Gasteiger partial charge in [0.1, 0.15) is 5.75 Å². The Labute approximate surface area is 108 Å². The number of anilines is 1. The summed E-state index contributed by atoms with van der Waals surface area (Å²) < 4.78 is 5.34. The van der Waals surface area contributed by atoms with Crippen LogP contribution in [0.4, 0.5) is 5.69 Å². The number of methoxy groups -OCH3 is 1. The molecule has 0 fully saturated rings. The van der Waals surface area contributed by atoms with Gasteiger partial charge < -0.3 is 9.64 Å². The summed E-state index contributed by atoms with van der Waals surface area (Å²) in [6, 6.07) is 5.43. The van der Waals surface area contributed by atoms with Crippen molar-refractivity contribution < 1.29 is 9.53 Å². The zero-order valence-corrected chi connectivity index (χ0v) is 11.4. The molecule has 1 rings (SSSR count). The minimum atomic E-state index is -0.571. The van der Waals surface area contributed by atoms with E-state index in [-0.39, 0.29) is 5.92 Å². The Hall–Kier alpha value is -2.02. The van der Waals surface area contributed by atoms with E-state index in [0.29, 0.717) is 0 Å². The Balaban J connectivity index is 3.34. The molecular weight excluding hydrogens is 228 g/mol. The van der Waals surface area contributed by atoms with Gasteiger partial charge in [-0.3, -0.25) is 4.79 Å². The fourth-order valence-electron chi connectivity index (χ4n) is 1.86. The van der Waals surface area contributed by atoms with Gasteiger partial charge >= 0.3 is 5.91 Å². The Morgan fingerprint density at radius 3 is 2.50 bits per heavy atom. The number of benzene rings is 1. The number of aryl methyl sites for hydroxylation is 1. The molecule has 0 bridgehead atoms. The molecule has 4 heteroatoms. The van der Waals surface area contributed by atoms with Crippen molar-refractivity contribution in [1.82, 2.24) is 0 Å². The summed E-state index contributed by atoms with van der Waals surface area (Å²) in [6.07, 6.45) is 0. The highest BCUT2D eigenvalue weighted by Crippen LogP contribution is 2.33. The molecule has 0 atom stereocenters. The smallest absolute Gasteiger partial charge is 0.329 e. The van der Waals surface area contributed by atoms with E-state index in [9.17, 15) is 4.79 Å². The molecule has 0 N–H and O–H groups in total. The van der Waals surface area contributed by atoms with Crippen LogP contribution >= 0.6 is 0 Å². The van der Waals surface area contributed by atoms with E-state index >= 15 is 0 Å². The summed E-state index contributed by atoms with van der Waals surface area (Å²) >= 11 is 0. The average molecular weight is 246 g/mol. The molecule has 1 amide bonds. The number of nitriles is 1. The lowest BCUT2D eigenvalue weighted by Crippen LogP contribution is -2.25. The lowest BCUT2D eigenvalue weighted by atomic mass is 9.98. The third kappa shape index (κ3) is 2.62. The van der Waals surface area contributed by atoms with Crippen LogP contribution in [0.3, 0.4) is 0 Å². The quantitative estimate of drug-likeness (QED) is 0.770. The van der Waals surface area contributed by atoms with E-state index in [0.717, 1.165) is 22.6 Å². The molecule has 0 radical (unpaired) electrons. The maximum Gasteiger partial charge on any atom is 0.329 e.